The van der Waals surface area contributed by atoms with Gasteiger partial charge in [0, 0.05) is 31.3 Å². The molecular weight excluding hydrogens is 298 g/mol. The second-order valence-corrected chi connectivity index (χ2v) is 7.63. The first-order valence-electron chi connectivity index (χ1n) is 6.84. The van der Waals surface area contributed by atoms with Crippen LogP contribution in [-0.2, 0) is 10.2 Å². The Labute approximate surface area is 124 Å². The lowest BCUT2D eigenvalue weighted by atomic mass is 10.0. The number of aromatic nitrogens is 1. The minimum absolute atomic E-state index is 0.0374. The molecule has 2 unspecified atom stereocenters. The lowest BCUT2D eigenvalue weighted by molar-refractivity contribution is 0.164. The van der Waals surface area contributed by atoms with E-state index >= 15 is 0 Å². The molecule has 0 aromatic carbocycles. The second kappa shape index (κ2) is 6.95. The number of hydrogen-bond donors (Lipinski definition) is 2. The van der Waals surface area contributed by atoms with Gasteiger partial charge in [0.05, 0.1) is 6.04 Å². The molecular formula is C12H21N3O3S2. The molecule has 1 aliphatic heterocycles. The summed E-state index contributed by atoms with van der Waals surface area (Å²) in [5.74, 6) is 0.0419. The number of piperidine rings is 1. The maximum absolute atomic E-state index is 12.4. The molecule has 1 fully saturated rings. The molecule has 1 aromatic heterocycles. The number of nitrogens with zero attached hydrogens (tertiary/aromatic N) is 2. The Morgan fingerprint density at radius 2 is 2.45 bits per heavy atom. The van der Waals surface area contributed by atoms with Crippen molar-refractivity contribution in [2.75, 3.05) is 19.7 Å². The van der Waals surface area contributed by atoms with E-state index in [1.807, 2.05) is 12.3 Å². The molecule has 1 saturated heterocycles. The van der Waals surface area contributed by atoms with Crippen molar-refractivity contribution < 1.29 is 13.5 Å². The van der Waals surface area contributed by atoms with Crippen LogP contribution in [0, 0.1) is 5.92 Å². The topological polar surface area (TPSA) is 82.5 Å². The summed E-state index contributed by atoms with van der Waals surface area (Å²) in [6.45, 7) is 2.87. The van der Waals surface area contributed by atoms with Gasteiger partial charge in [0.15, 0.2) is 0 Å². The van der Waals surface area contributed by atoms with E-state index in [0.29, 0.717) is 19.5 Å². The molecule has 1 aromatic rings. The standard InChI is InChI=1S/C12H21N3O3S2/c1-2-11(12-13-5-7-19-12)14-20(17,18)15-6-3-4-10(8-15)9-16/h5,7,10-11,14,16H,2-4,6,8-9H2,1H3. The first-order chi connectivity index (χ1) is 9.56. The number of rotatable bonds is 6. The highest BCUT2D eigenvalue weighted by atomic mass is 32.2. The molecule has 20 heavy (non-hydrogen) atoms. The van der Waals surface area contributed by atoms with Gasteiger partial charge in [-0.15, -0.1) is 11.3 Å². The fourth-order valence-corrected chi connectivity index (χ4v) is 4.77. The van der Waals surface area contributed by atoms with Gasteiger partial charge in [-0.1, -0.05) is 6.92 Å². The van der Waals surface area contributed by atoms with Crippen LogP contribution in [0.15, 0.2) is 11.6 Å². The average Bonchev–Trinajstić information content (AvgIpc) is 2.99. The van der Waals surface area contributed by atoms with Crippen LogP contribution in [0.5, 0.6) is 0 Å². The number of hydrogen-bond acceptors (Lipinski definition) is 5. The fraction of sp³-hybridized carbons (Fsp3) is 0.750. The minimum atomic E-state index is -3.52. The molecule has 0 aliphatic carbocycles. The third-order valence-electron chi connectivity index (χ3n) is 3.53. The van der Waals surface area contributed by atoms with Crippen molar-refractivity contribution in [1.29, 1.82) is 0 Å². The van der Waals surface area contributed by atoms with E-state index in [9.17, 15) is 13.5 Å². The molecule has 0 bridgehead atoms. The van der Waals surface area contributed by atoms with Crippen molar-refractivity contribution in [2.45, 2.75) is 32.2 Å². The van der Waals surface area contributed by atoms with E-state index in [1.165, 1.54) is 15.6 Å². The molecule has 0 saturated carbocycles. The van der Waals surface area contributed by atoms with E-state index in [0.717, 1.165) is 17.8 Å². The SMILES string of the molecule is CCC(NS(=O)(=O)N1CCCC(CO)C1)c1nccs1. The monoisotopic (exact) mass is 319 g/mol. The van der Waals surface area contributed by atoms with Crippen LogP contribution in [0.4, 0.5) is 0 Å². The molecule has 0 spiro atoms. The summed E-state index contributed by atoms with van der Waals surface area (Å²) >= 11 is 1.45. The molecule has 6 nitrogen and oxygen atoms in total. The summed E-state index contributed by atoms with van der Waals surface area (Å²) in [4.78, 5) is 4.18. The normalized spacial score (nSPS) is 22.8. The van der Waals surface area contributed by atoms with Gasteiger partial charge in [0.2, 0.25) is 0 Å². The smallest absolute Gasteiger partial charge is 0.280 e. The predicted octanol–water partition coefficient (Wildman–Crippen LogP) is 1.13. The highest BCUT2D eigenvalue weighted by molar-refractivity contribution is 7.87. The molecule has 0 amide bonds. The lowest BCUT2D eigenvalue weighted by Crippen LogP contribution is -2.47. The zero-order chi connectivity index (χ0) is 14.6. The van der Waals surface area contributed by atoms with Gasteiger partial charge in [0.25, 0.3) is 10.2 Å². The highest BCUT2D eigenvalue weighted by Crippen LogP contribution is 2.23. The number of aliphatic hydroxyl groups excluding tert-OH is 1. The number of nitrogens with one attached hydrogen (secondary N) is 1. The Balaban J connectivity index is 2.06. The zero-order valence-corrected chi connectivity index (χ0v) is 13.2. The zero-order valence-electron chi connectivity index (χ0n) is 11.5. The molecule has 2 N–H and O–H groups in total. The van der Waals surface area contributed by atoms with Gasteiger partial charge < -0.3 is 5.11 Å². The lowest BCUT2D eigenvalue weighted by Gasteiger charge is -2.32. The Morgan fingerprint density at radius 3 is 3.05 bits per heavy atom. The van der Waals surface area contributed by atoms with Crippen molar-refractivity contribution in [1.82, 2.24) is 14.0 Å². The maximum Gasteiger partial charge on any atom is 0.280 e. The van der Waals surface area contributed by atoms with Crippen LogP contribution < -0.4 is 4.72 Å². The Bertz CT molecular complexity index is 504. The quantitative estimate of drug-likeness (QED) is 0.823. The van der Waals surface area contributed by atoms with Crippen molar-refractivity contribution in [2.24, 2.45) is 5.92 Å². The summed E-state index contributed by atoms with van der Waals surface area (Å²) in [5.41, 5.74) is 0. The first kappa shape index (κ1) is 15.8. The molecule has 1 aliphatic rings. The fourth-order valence-electron chi connectivity index (χ4n) is 2.36. The van der Waals surface area contributed by atoms with E-state index in [1.54, 1.807) is 6.20 Å². The molecule has 8 heteroatoms. The number of aliphatic hydroxyl groups is 1. The first-order valence-corrected chi connectivity index (χ1v) is 9.16. The van der Waals surface area contributed by atoms with Crippen LogP contribution in [0.25, 0.3) is 0 Å². The van der Waals surface area contributed by atoms with E-state index in [4.69, 9.17) is 0 Å². The van der Waals surface area contributed by atoms with Crippen LogP contribution in [0.2, 0.25) is 0 Å². The van der Waals surface area contributed by atoms with E-state index in [-0.39, 0.29) is 18.6 Å². The largest absolute Gasteiger partial charge is 0.396 e. The van der Waals surface area contributed by atoms with Gasteiger partial charge in [-0.05, 0) is 25.2 Å². The van der Waals surface area contributed by atoms with Gasteiger partial charge in [0.1, 0.15) is 5.01 Å². The van der Waals surface area contributed by atoms with Crippen molar-refractivity contribution in [3.8, 4) is 0 Å². The number of thiazole rings is 1. The van der Waals surface area contributed by atoms with Crippen molar-refractivity contribution in [3.05, 3.63) is 16.6 Å². The van der Waals surface area contributed by atoms with E-state index < -0.39 is 10.2 Å². The summed E-state index contributed by atoms with van der Waals surface area (Å²) in [6.07, 6.45) is 4.01. The van der Waals surface area contributed by atoms with Crippen molar-refractivity contribution >= 4 is 21.5 Å². The van der Waals surface area contributed by atoms with Crippen LogP contribution >= 0.6 is 11.3 Å². The Hall–Kier alpha value is -0.540. The summed E-state index contributed by atoms with van der Waals surface area (Å²) in [5, 5.41) is 11.8. The third-order valence-corrected chi connectivity index (χ3v) is 6.01. The van der Waals surface area contributed by atoms with Crippen LogP contribution in [0.1, 0.15) is 37.2 Å². The minimum Gasteiger partial charge on any atom is -0.396 e. The third kappa shape index (κ3) is 3.76. The summed E-state index contributed by atoms with van der Waals surface area (Å²) in [6, 6.07) is -0.283. The maximum atomic E-state index is 12.4. The van der Waals surface area contributed by atoms with Crippen molar-refractivity contribution in [3.63, 3.8) is 0 Å². The Kier molecular flexibility index (Phi) is 5.50. The van der Waals surface area contributed by atoms with Gasteiger partial charge in [-0.25, -0.2) is 4.98 Å². The molecule has 0 radical (unpaired) electrons. The molecule has 2 atom stereocenters. The van der Waals surface area contributed by atoms with Crippen LogP contribution in [0.3, 0.4) is 0 Å². The Morgan fingerprint density at radius 1 is 1.65 bits per heavy atom. The second-order valence-electron chi connectivity index (χ2n) is 5.00. The molecule has 2 heterocycles. The predicted molar refractivity (Wildman–Crippen MR) is 78.6 cm³/mol. The van der Waals surface area contributed by atoms with Gasteiger partial charge in [-0.3, -0.25) is 0 Å². The summed E-state index contributed by atoms with van der Waals surface area (Å²) < 4.78 is 29.0. The van der Waals surface area contributed by atoms with Gasteiger partial charge in [-0.2, -0.15) is 17.4 Å². The van der Waals surface area contributed by atoms with Crippen LogP contribution in [-0.4, -0.2) is 42.5 Å². The molecule has 114 valence electrons. The van der Waals surface area contributed by atoms with E-state index in [2.05, 4.69) is 9.71 Å². The highest BCUT2D eigenvalue weighted by Gasteiger charge is 2.30. The van der Waals surface area contributed by atoms with Gasteiger partial charge >= 0.3 is 0 Å². The molecule has 2 rings (SSSR count). The summed E-state index contributed by atoms with van der Waals surface area (Å²) in [7, 11) is -3.52. The average molecular weight is 319 g/mol.